The largest absolute Gasteiger partial charge is 0.257 e. The molecular weight excluding hydrogens is 288 g/mol. The molecule has 1 aromatic heterocycles. The molecule has 0 aliphatic carbocycles. The maximum atomic E-state index is 4.92. The molecule has 0 unspecified atom stereocenters. The van der Waals surface area contributed by atoms with Gasteiger partial charge in [-0.2, -0.15) is 5.10 Å². The molecule has 0 amide bonds. The first kappa shape index (κ1) is 13.3. The molecule has 0 saturated carbocycles. The molecule has 22 heavy (non-hydrogen) atoms. The SMILES string of the molecule is c1ccc([C@@H]2CC(c3cccs3)=NN2c2ccccc2)cc1. The number of nitrogens with zero attached hydrogens (tertiary/aromatic N) is 2. The first-order valence-corrected chi connectivity index (χ1v) is 8.30. The molecule has 2 aromatic carbocycles. The summed E-state index contributed by atoms with van der Waals surface area (Å²) in [4.78, 5) is 1.26. The fourth-order valence-electron chi connectivity index (χ4n) is 2.86. The van der Waals surface area contributed by atoms with Crippen molar-refractivity contribution in [1.82, 2.24) is 0 Å². The topological polar surface area (TPSA) is 15.6 Å². The summed E-state index contributed by atoms with van der Waals surface area (Å²) in [6.45, 7) is 0. The Kier molecular flexibility index (Phi) is 3.49. The third kappa shape index (κ3) is 2.44. The van der Waals surface area contributed by atoms with Gasteiger partial charge in [-0.3, -0.25) is 5.01 Å². The van der Waals surface area contributed by atoms with E-state index in [-0.39, 0.29) is 6.04 Å². The Bertz CT molecular complexity index is 764. The zero-order valence-electron chi connectivity index (χ0n) is 12.1. The predicted octanol–water partition coefficient (Wildman–Crippen LogP) is 5.10. The lowest BCUT2D eigenvalue weighted by Gasteiger charge is -2.23. The van der Waals surface area contributed by atoms with Crippen LogP contribution in [0.1, 0.15) is 22.9 Å². The van der Waals surface area contributed by atoms with E-state index in [1.807, 2.05) is 6.07 Å². The van der Waals surface area contributed by atoms with Crippen LogP contribution >= 0.6 is 11.3 Å². The Balaban J connectivity index is 1.75. The van der Waals surface area contributed by atoms with Gasteiger partial charge in [0, 0.05) is 6.42 Å². The zero-order chi connectivity index (χ0) is 14.8. The van der Waals surface area contributed by atoms with Crippen LogP contribution in [0.3, 0.4) is 0 Å². The lowest BCUT2D eigenvalue weighted by molar-refractivity contribution is 0.709. The second-order valence-corrected chi connectivity index (χ2v) is 6.28. The standard InChI is InChI=1S/C19H16N2S/c1-3-8-15(9-4-1)18-14-17(19-12-7-13-22-19)20-21(18)16-10-5-2-6-11-16/h1-13,18H,14H2/t18-/m0/s1. The zero-order valence-corrected chi connectivity index (χ0v) is 12.9. The molecule has 0 bridgehead atoms. The number of hydrogen-bond acceptors (Lipinski definition) is 3. The van der Waals surface area contributed by atoms with Gasteiger partial charge in [-0.25, -0.2) is 0 Å². The van der Waals surface area contributed by atoms with Gasteiger partial charge in [-0.1, -0.05) is 54.6 Å². The summed E-state index contributed by atoms with van der Waals surface area (Å²) >= 11 is 1.76. The van der Waals surface area contributed by atoms with E-state index < -0.39 is 0 Å². The summed E-state index contributed by atoms with van der Waals surface area (Å²) in [5, 5.41) is 9.19. The van der Waals surface area contributed by atoms with Crippen molar-refractivity contribution in [2.45, 2.75) is 12.5 Å². The van der Waals surface area contributed by atoms with Gasteiger partial charge in [0.2, 0.25) is 0 Å². The van der Waals surface area contributed by atoms with E-state index in [2.05, 4.69) is 77.1 Å². The maximum absolute atomic E-state index is 4.92. The smallest absolute Gasteiger partial charge is 0.0832 e. The highest BCUT2D eigenvalue weighted by Gasteiger charge is 2.29. The Morgan fingerprint density at radius 1 is 0.864 bits per heavy atom. The van der Waals surface area contributed by atoms with E-state index in [0.717, 1.165) is 12.1 Å². The van der Waals surface area contributed by atoms with E-state index in [9.17, 15) is 0 Å². The number of anilines is 1. The molecule has 0 fully saturated rings. The maximum Gasteiger partial charge on any atom is 0.0832 e. The van der Waals surface area contributed by atoms with Gasteiger partial charge < -0.3 is 0 Å². The quantitative estimate of drug-likeness (QED) is 0.657. The third-order valence-electron chi connectivity index (χ3n) is 3.92. The van der Waals surface area contributed by atoms with Crippen molar-refractivity contribution in [3.05, 3.63) is 88.6 Å². The highest BCUT2D eigenvalue weighted by atomic mass is 32.1. The van der Waals surface area contributed by atoms with Crippen molar-refractivity contribution in [3.63, 3.8) is 0 Å². The van der Waals surface area contributed by atoms with Gasteiger partial charge >= 0.3 is 0 Å². The summed E-state index contributed by atoms with van der Waals surface area (Å²) in [7, 11) is 0. The van der Waals surface area contributed by atoms with Crippen LogP contribution in [0.4, 0.5) is 5.69 Å². The monoisotopic (exact) mass is 304 g/mol. The molecule has 0 N–H and O–H groups in total. The summed E-state index contributed by atoms with van der Waals surface area (Å²) in [5.74, 6) is 0. The minimum Gasteiger partial charge on any atom is -0.257 e. The Hall–Kier alpha value is -2.39. The Morgan fingerprint density at radius 2 is 1.59 bits per heavy atom. The van der Waals surface area contributed by atoms with Gasteiger partial charge in [0.05, 0.1) is 22.3 Å². The van der Waals surface area contributed by atoms with Gasteiger partial charge in [0.25, 0.3) is 0 Å². The fourth-order valence-corrected chi connectivity index (χ4v) is 3.58. The predicted molar refractivity (Wildman–Crippen MR) is 93.6 cm³/mol. The van der Waals surface area contributed by atoms with Crippen molar-refractivity contribution >= 4 is 22.7 Å². The molecule has 1 aliphatic heterocycles. The van der Waals surface area contributed by atoms with Crippen molar-refractivity contribution < 1.29 is 0 Å². The van der Waals surface area contributed by atoms with Crippen LogP contribution < -0.4 is 5.01 Å². The van der Waals surface area contributed by atoms with E-state index in [1.54, 1.807) is 11.3 Å². The van der Waals surface area contributed by atoms with Gasteiger partial charge in [0.15, 0.2) is 0 Å². The van der Waals surface area contributed by atoms with Crippen molar-refractivity contribution in [3.8, 4) is 0 Å². The molecule has 2 nitrogen and oxygen atoms in total. The summed E-state index contributed by atoms with van der Waals surface area (Å²) in [6.07, 6.45) is 0.944. The lowest BCUT2D eigenvalue weighted by Crippen LogP contribution is -2.18. The normalized spacial score (nSPS) is 17.5. The number of para-hydroxylation sites is 1. The fraction of sp³-hybridized carbons (Fsp3) is 0.105. The number of rotatable bonds is 3. The second kappa shape index (κ2) is 5.78. The Labute approximate surface area is 134 Å². The highest BCUT2D eigenvalue weighted by molar-refractivity contribution is 7.12. The van der Waals surface area contributed by atoms with Crippen LogP contribution in [0.2, 0.25) is 0 Å². The molecule has 2 heterocycles. The van der Waals surface area contributed by atoms with Gasteiger partial charge in [0.1, 0.15) is 0 Å². The molecule has 3 heteroatoms. The van der Waals surface area contributed by atoms with Crippen LogP contribution in [0.5, 0.6) is 0 Å². The first-order valence-electron chi connectivity index (χ1n) is 7.42. The van der Waals surface area contributed by atoms with E-state index in [4.69, 9.17) is 5.10 Å². The van der Waals surface area contributed by atoms with Crippen LogP contribution in [-0.2, 0) is 0 Å². The van der Waals surface area contributed by atoms with Crippen LogP contribution in [0, 0.1) is 0 Å². The van der Waals surface area contributed by atoms with Gasteiger partial charge in [-0.05, 0) is 29.1 Å². The minimum absolute atomic E-state index is 0.265. The number of hydrogen-bond donors (Lipinski definition) is 0. The molecule has 1 atom stereocenters. The van der Waals surface area contributed by atoms with Crippen LogP contribution in [-0.4, -0.2) is 5.71 Å². The number of thiophene rings is 1. The molecular formula is C19H16N2S. The van der Waals surface area contributed by atoms with Crippen LogP contribution in [0.25, 0.3) is 0 Å². The van der Waals surface area contributed by atoms with E-state index in [1.165, 1.54) is 16.2 Å². The number of hydrazone groups is 1. The first-order chi connectivity index (χ1) is 10.9. The molecule has 0 saturated heterocycles. The summed E-state index contributed by atoms with van der Waals surface area (Å²) in [6, 6.07) is 25.6. The minimum atomic E-state index is 0.265. The molecule has 0 radical (unpaired) electrons. The Morgan fingerprint density at radius 3 is 2.27 bits per heavy atom. The average molecular weight is 304 g/mol. The van der Waals surface area contributed by atoms with Crippen LogP contribution in [0.15, 0.2) is 83.3 Å². The van der Waals surface area contributed by atoms with Crippen molar-refractivity contribution in [2.75, 3.05) is 5.01 Å². The molecule has 0 spiro atoms. The molecule has 108 valence electrons. The second-order valence-electron chi connectivity index (χ2n) is 5.33. The molecule has 4 rings (SSSR count). The summed E-state index contributed by atoms with van der Waals surface area (Å²) in [5.41, 5.74) is 3.62. The third-order valence-corrected chi connectivity index (χ3v) is 4.84. The highest BCUT2D eigenvalue weighted by Crippen LogP contribution is 2.37. The molecule has 1 aliphatic rings. The van der Waals surface area contributed by atoms with Crippen molar-refractivity contribution in [1.29, 1.82) is 0 Å². The summed E-state index contributed by atoms with van der Waals surface area (Å²) < 4.78 is 0. The lowest BCUT2D eigenvalue weighted by atomic mass is 10.0. The van der Waals surface area contributed by atoms with Crippen molar-refractivity contribution in [2.24, 2.45) is 5.10 Å². The number of benzene rings is 2. The van der Waals surface area contributed by atoms with E-state index in [0.29, 0.717) is 0 Å². The van der Waals surface area contributed by atoms with Gasteiger partial charge in [-0.15, -0.1) is 11.3 Å². The molecule has 3 aromatic rings. The van der Waals surface area contributed by atoms with E-state index >= 15 is 0 Å². The average Bonchev–Trinajstić information content (AvgIpc) is 3.26.